The fraction of sp³-hybridized carbons (Fsp3) is 0.333. The van der Waals surface area contributed by atoms with Crippen LogP contribution in [-0.4, -0.2) is 31.8 Å². The van der Waals surface area contributed by atoms with Gasteiger partial charge < -0.3 is 5.32 Å². The second-order valence-corrected chi connectivity index (χ2v) is 7.82. The molecule has 0 fully saturated rings. The zero-order chi connectivity index (χ0) is 19.9. The number of aryl methyl sites for hydroxylation is 1. The lowest BCUT2D eigenvalue weighted by Gasteiger charge is -2.23. The highest BCUT2D eigenvalue weighted by atomic mass is 32.2. The van der Waals surface area contributed by atoms with Crippen molar-refractivity contribution in [1.82, 2.24) is 25.5 Å². The summed E-state index contributed by atoms with van der Waals surface area (Å²) in [7, 11) is 0. The van der Waals surface area contributed by atoms with Gasteiger partial charge in [0.05, 0.1) is 11.8 Å². The fourth-order valence-electron chi connectivity index (χ4n) is 2.89. The molecule has 146 valence electrons. The summed E-state index contributed by atoms with van der Waals surface area (Å²) >= 11 is 1.32. The van der Waals surface area contributed by atoms with Gasteiger partial charge in [-0.05, 0) is 35.6 Å². The zero-order valence-corrected chi connectivity index (χ0v) is 17.2. The van der Waals surface area contributed by atoms with E-state index < -0.39 is 0 Å². The minimum atomic E-state index is -0.0291. The molecule has 0 saturated heterocycles. The minimum absolute atomic E-state index is 0.0153. The third-order valence-electron chi connectivity index (χ3n) is 4.48. The number of carbonyl (C=O) groups is 1. The maximum absolute atomic E-state index is 12.5. The number of pyridine rings is 1. The van der Waals surface area contributed by atoms with Gasteiger partial charge in [0.1, 0.15) is 0 Å². The predicted molar refractivity (Wildman–Crippen MR) is 112 cm³/mol. The van der Waals surface area contributed by atoms with Gasteiger partial charge in [-0.3, -0.25) is 14.9 Å². The van der Waals surface area contributed by atoms with Crippen molar-refractivity contribution in [1.29, 1.82) is 0 Å². The Labute approximate surface area is 169 Å². The second-order valence-electron chi connectivity index (χ2n) is 6.88. The van der Waals surface area contributed by atoms with E-state index in [2.05, 4.69) is 70.5 Å². The summed E-state index contributed by atoms with van der Waals surface area (Å²) in [5.41, 5.74) is 3.33. The van der Waals surface area contributed by atoms with Crippen LogP contribution in [0.5, 0.6) is 0 Å². The highest BCUT2D eigenvalue weighted by molar-refractivity contribution is 7.99. The van der Waals surface area contributed by atoms with Gasteiger partial charge in [0, 0.05) is 18.0 Å². The largest absolute Gasteiger partial charge is 0.348 e. The number of benzene rings is 1. The van der Waals surface area contributed by atoms with Crippen LogP contribution < -0.4 is 5.32 Å². The topological polar surface area (TPSA) is 83.6 Å². The highest BCUT2D eigenvalue weighted by Gasteiger charge is 2.19. The number of hydrogen-bond donors (Lipinski definition) is 2. The molecule has 1 amide bonds. The van der Waals surface area contributed by atoms with E-state index >= 15 is 0 Å². The van der Waals surface area contributed by atoms with Crippen molar-refractivity contribution in [3.8, 4) is 11.4 Å². The molecular weight excluding hydrogens is 370 g/mol. The van der Waals surface area contributed by atoms with Gasteiger partial charge in [-0.25, -0.2) is 4.98 Å². The normalized spacial score (nSPS) is 12.1. The Morgan fingerprint density at radius 2 is 1.86 bits per heavy atom. The Bertz CT molecular complexity index is 893. The molecule has 28 heavy (non-hydrogen) atoms. The fourth-order valence-corrected chi connectivity index (χ4v) is 3.50. The second kappa shape index (κ2) is 9.50. The van der Waals surface area contributed by atoms with Crippen molar-refractivity contribution in [3.05, 3.63) is 59.9 Å². The number of nitrogens with zero attached hydrogens (tertiary/aromatic N) is 3. The number of carbonyl (C=O) groups excluding carboxylic acids is 1. The summed E-state index contributed by atoms with van der Waals surface area (Å²) in [5, 5.41) is 10.8. The van der Waals surface area contributed by atoms with E-state index in [0.29, 0.717) is 16.9 Å². The molecule has 1 atom stereocenters. The standard InChI is InChI=1S/C21H25N5OS/c1-4-15-5-7-16(8-6-15)19(14(2)3)23-18(27)13-28-21-24-20(25-26-21)17-9-11-22-12-10-17/h5-12,14,19H,4,13H2,1-3H3,(H,23,27)(H,24,25,26)/t19-/m1/s1. The number of rotatable bonds is 8. The van der Waals surface area contributed by atoms with Gasteiger partial charge in [0.25, 0.3) is 0 Å². The van der Waals surface area contributed by atoms with Crippen LogP contribution in [0.3, 0.4) is 0 Å². The molecule has 3 rings (SSSR count). The van der Waals surface area contributed by atoms with Crippen LogP contribution in [0.15, 0.2) is 53.9 Å². The summed E-state index contributed by atoms with van der Waals surface area (Å²) in [6.07, 6.45) is 4.42. The first-order valence-corrected chi connectivity index (χ1v) is 10.4. The SMILES string of the molecule is CCc1ccc([C@H](NC(=O)CSc2n[nH]c(-c3ccncc3)n2)C(C)C)cc1. The number of nitrogens with one attached hydrogen (secondary N) is 2. The molecule has 0 bridgehead atoms. The molecule has 6 nitrogen and oxygen atoms in total. The van der Waals surface area contributed by atoms with Crippen molar-refractivity contribution < 1.29 is 4.79 Å². The van der Waals surface area contributed by atoms with E-state index in [-0.39, 0.29) is 17.7 Å². The van der Waals surface area contributed by atoms with E-state index in [0.717, 1.165) is 17.5 Å². The van der Waals surface area contributed by atoms with Crippen LogP contribution in [0, 0.1) is 5.92 Å². The first-order valence-electron chi connectivity index (χ1n) is 9.40. The number of hydrogen-bond acceptors (Lipinski definition) is 5. The molecular formula is C21H25N5OS. The molecule has 0 saturated carbocycles. The Morgan fingerprint density at radius 3 is 2.50 bits per heavy atom. The molecule has 0 unspecified atom stereocenters. The van der Waals surface area contributed by atoms with E-state index in [1.807, 2.05) is 12.1 Å². The van der Waals surface area contributed by atoms with Gasteiger partial charge in [-0.15, -0.1) is 5.10 Å². The maximum Gasteiger partial charge on any atom is 0.230 e. The molecule has 2 heterocycles. The summed E-state index contributed by atoms with van der Waals surface area (Å²) in [6.45, 7) is 6.36. The van der Waals surface area contributed by atoms with Crippen LogP contribution in [-0.2, 0) is 11.2 Å². The van der Waals surface area contributed by atoms with Gasteiger partial charge in [-0.1, -0.05) is 56.8 Å². The number of amides is 1. The van der Waals surface area contributed by atoms with Gasteiger partial charge in [-0.2, -0.15) is 0 Å². The van der Waals surface area contributed by atoms with Gasteiger partial charge >= 0.3 is 0 Å². The Balaban J connectivity index is 1.58. The number of aromatic amines is 1. The van der Waals surface area contributed by atoms with E-state index in [1.54, 1.807) is 12.4 Å². The highest BCUT2D eigenvalue weighted by Crippen LogP contribution is 2.23. The van der Waals surface area contributed by atoms with Crippen LogP contribution in [0.1, 0.15) is 37.9 Å². The minimum Gasteiger partial charge on any atom is -0.348 e. The first kappa shape index (κ1) is 20.1. The van der Waals surface area contributed by atoms with Crippen LogP contribution in [0.4, 0.5) is 0 Å². The van der Waals surface area contributed by atoms with Crippen LogP contribution >= 0.6 is 11.8 Å². The van der Waals surface area contributed by atoms with Crippen molar-refractivity contribution in [2.45, 2.75) is 38.4 Å². The molecule has 7 heteroatoms. The van der Waals surface area contributed by atoms with Crippen LogP contribution in [0.25, 0.3) is 11.4 Å². The molecule has 3 aromatic rings. The van der Waals surface area contributed by atoms with E-state index in [9.17, 15) is 4.79 Å². The molecule has 2 N–H and O–H groups in total. The van der Waals surface area contributed by atoms with Crippen molar-refractivity contribution >= 4 is 17.7 Å². The van der Waals surface area contributed by atoms with Gasteiger partial charge in [0.15, 0.2) is 5.82 Å². The quantitative estimate of drug-likeness (QED) is 0.563. The summed E-state index contributed by atoms with van der Waals surface area (Å²) in [5.74, 6) is 1.20. The number of aromatic nitrogens is 4. The molecule has 0 aliphatic carbocycles. The third kappa shape index (κ3) is 5.19. The number of H-pyrrole nitrogens is 1. The lowest BCUT2D eigenvalue weighted by atomic mass is 9.95. The Morgan fingerprint density at radius 1 is 1.14 bits per heavy atom. The molecule has 1 aromatic carbocycles. The predicted octanol–water partition coefficient (Wildman–Crippen LogP) is 4.03. The summed E-state index contributed by atoms with van der Waals surface area (Å²) < 4.78 is 0. The lowest BCUT2D eigenvalue weighted by Crippen LogP contribution is -2.33. The average Bonchev–Trinajstić information content (AvgIpc) is 3.20. The maximum atomic E-state index is 12.5. The number of thioether (sulfide) groups is 1. The van der Waals surface area contributed by atoms with Gasteiger partial charge in [0.2, 0.25) is 11.1 Å². The molecule has 0 radical (unpaired) electrons. The molecule has 0 spiro atoms. The third-order valence-corrected chi connectivity index (χ3v) is 5.33. The van der Waals surface area contributed by atoms with E-state index in [1.165, 1.54) is 17.3 Å². The monoisotopic (exact) mass is 395 g/mol. The Hall–Kier alpha value is -2.67. The first-order chi connectivity index (χ1) is 13.6. The summed E-state index contributed by atoms with van der Waals surface area (Å²) in [6, 6.07) is 12.2. The Kier molecular flexibility index (Phi) is 6.81. The lowest BCUT2D eigenvalue weighted by molar-refractivity contribution is -0.119. The van der Waals surface area contributed by atoms with Crippen molar-refractivity contribution in [3.63, 3.8) is 0 Å². The molecule has 0 aliphatic heterocycles. The zero-order valence-electron chi connectivity index (χ0n) is 16.3. The average molecular weight is 396 g/mol. The summed E-state index contributed by atoms with van der Waals surface area (Å²) in [4.78, 5) is 20.9. The smallest absolute Gasteiger partial charge is 0.230 e. The molecule has 0 aliphatic rings. The van der Waals surface area contributed by atoms with E-state index in [4.69, 9.17) is 0 Å². The van der Waals surface area contributed by atoms with Crippen molar-refractivity contribution in [2.24, 2.45) is 5.92 Å². The molecule has 2 aromatic heterocycles. The van der Waals surface area contributed by atoms with Crippen molar-refractivity contribution in [2.75, 3.05) is 5.75 Å². The van der Waals surface area contributed by atoms with Crippen LogP contribution in [0.2, 0.25) is 0 Å².